The van der Waals surface area contributed by atoms with Gasteiger partial charge in [-0.1, -0.05) is 0 Å². The molecule has 0 spiro atoms. The van der Waals surface area contributed by atoms with E-state index in [1.165, 1.54) is 4.31 Å². The third-order valence-electron chi connectivity index (χ3n) is 3.67. The van der Waals surface area contributed by atoms with Gasteiger partial charge in [-0.25, -0.2) is 17.4 Å². The number of hydrogen-bond donors (Lipinski definition) is 0. The minimum Gasteiger partial charge on any atom is -0.271 e. The molecule has 7 nitrogen and oxygen atoms in total. The summed E-state index contributed by atoms with van der Waals surface area (Å²) in [6, 6.07) is 1.73. The summed E-state index contributed by atoms with van der Waals surface area (Å²) in [5.74, 6) is 0.624. The van der Waals surface area contributed by atoms with E-state index in [2.05, 4.69) is 10.2 Å². The smallest absolute Gasteiger partial charge is 0.269 e. The minimum atomic E-state index is -3.60. The highest BCUT2D eigenvalue weighted by Crippen LogP contribution is 2.29. The summed E-state index contributed by atoms with van der Waals surface area (Å²) in [6.45, 7) is 4.72. The van der Waals surface area contributed by atoms with E-state index in [-0.39, 0.29) is 0 Å². The average Bonchev–Trinajstić information content (AvgIpc) is 2.94. The highest BCUT2D eigenvalue weighted by Gasteiger charge is 2.33. The minimum absolute atomic E-state index is 0.301. The maximum atomic E-state index is 12.9. The van der Waals surface area contributed by atoms with Gasteiger partial charge in [0.2, 0.25) is 0 Å². The Morgan fingerprint density at radius 3 is 2.65 bits per heavy atom. The monoisotopic (exact) mass is 295 g/mol. The molecule has 0 bridgehead atoms. The first-order valence-electron chi connectivity index (χ1n) is 6.47. The predicted octanol–water partition coefficient (Wildman–Crippen LogP) is 0.832. The van der Waals surface area contributed by atoms with Gasteiger partial charge in [-0.2, -0.15) is 10.2 Å². The lowest BCUT2D eigenvalue weighted by molar-refractivity contribution is 0.532. The number of nitrogens with zero attached hydrogens (tertiary/aromatic N) is 5. The normalized spacial score (nSPS) is 15.4. The van der Waals surface area contributed by atoms with Crippen LogP contribution in [0.2, 0.25) is 0 Å². The van der Waals surface area contributed by atoms with Crippen molar-refractivity contribution in [1.82, 2.24) is 19.6 Å². The third kappa shape index (κ3) is 1.75. The van der Waals surface area contributed by atoms with E-state index in [0.29, 0.717) is 28.6 Å². The Labute approximate surface area is 117 Å². The van der Waals surface area contributed by atoms with Gasteiger partial charge in [0.25, 0.3) is 10.0 Å². The van der Waals surface area contributed by atoms with E-state index < -0.39 is 10.0 Å². The molecule has 0 N–H and O–H groups in total. The van der Waals surface area contributed by atoms with Gasteiger partial charge in [-0.05, 0) is 20.3 Å². The quantitative estimate of drug-likeness (QED) is 0.822. The zero-order chi connectivity index (χ0) is 14.5. The summed E-state index contributed by atoms with van der Waals surface area (Å²) in [5.41, 5.74) is 1.18. The Hall–Kier alpha value is -1.83. The molecule has 1 aliphatic heterocycles. The van der Waals surface area contributed by atoms with E-state index in [4.69, 9.17) is 0 Å². The van der Waals surface area contributed by atoms with Crippen LogP contribution in [0.1, 0.15) is 17.8 Å². The standard InChI is InChI=1S/C12H17N5O2S/c1-9-12(10(2)15(3)14-9)20(18,19)17-8-4-7-16-11(17)5-6-13-16/h5-6H,4,7-8H2,1-3H3. The van der Waals surface area contributed by atoms with Crippen LogP contribution in [-0.4, -0.2) is 34.5 Å². The second-order valence-corrected chi connectivity index (χ2v) is 6.77. The zero-order valence-electron chi connectivity index (χ0n) is 11.7. The van der Waals surface area contributed by atoms with Crippen LogP contribution >= 0.6 is 0 Å². The molecule has 0 aliphatic carbocycles. The fourth-order valence-electron chi connectivity index (χ4n) is 2.67. The molecule has 0 saturated heterocycles. The van der Waals surface area contributed by atoms with Crippen LogP contribution in [-0.2, 0) is 23.6 Å². The van der Waals surface area contributed by atoms with Crippen LogP contribution in [0.5, 0.6) is 0 Å². The molecule has 3 rings (SSSR count). The van der Waals surface area contributed by atoms with Gasteiger partial charge in [0.1, 0.15) is 10.7 Å². The SMILES string of the molecule is Cc1nn(C)c(C)c1S(=O)(=O)N1CCCn2nccc21. The maximum Gasteiger partial charge on any atom is 0.269 e. The van der Waals surface area contributed by atoms with Crippen molar-refractivity contribution >= 4 is 15.8 Å². The Bertz CT molecular complexity index is 759. The van der Waals surface area contributed by atoms with Gasteiger partial charge in [-0.3, -0.25) is 4.68 Å². The van der Waals surface area contributed by atoms with Gasteiger partial charge >= 0.3 is 0 Å². The summed E-state index contributed by atoms with van der Waals surface area (Å²) in [4.78, 5) is 0.301. The Morgan fingerprint density at radius 1 is 1.25 bits per heavy atom. The highest BCUT2D eigenvalue weighted by atomic mass is 32.2. The van der Waals surface area contributed by atoms with Crippen molar-refractivity contribution in [2.75, 3.05) is 10.8 Å². The van der Waals surface area contributed by atoms with Crippen molar-refractivity contribution in [1.29, 1.82) is 0 Å². The van der Waals surface area contributed by atoms with Crippen molar-refractivity contribution in [2.24, 2.45) is 7.05 Å². The molecule has 2 aromatic rings. The van der Waals surface area contributed by atoms with Crippen molar-refractivity contribution < 1.29 is 8.42 Å². The first-order valence-corrected chi connectivity index (χ1v) is 7.91. The van der Waals surface area contributed by atoms with E-state index in [9.17, 15) is 8.42 Å². The van der Waals surface area contributed by atoms with Crippen LogP contribution in [0.15, 0.2) is 17.2 Å². The fourth-order valence-corrected chi connectivity index (χ4v) is 4.58. The summed E-state index contributed by atoms with van der Waals surface area (Å²) in [5, 5.41) is 8.36. The van der Waals surface area contributed by atoms with Crippen molar-refractivity contribution in [3.05, 3.63) is 23.7 Å². The maximum absolute atomic E-state index is 12.9. The van der Waals surface area contributed by atoms with Crippen molar-refractivity contribution in [2.45, 2.75) is 31.7 Å². The number of hydrogen-bond acceptors (Lipinski definition) is 4. The number of fused-ring (bicyclic) bond motifs is 1. The van der Waals surface area contributed by atoms with Gasteiger partial charge in [0.05, 0.1) is 17.6 Å². The molecule has 0 unspecified atom stereocenters. The van der Waals surface area contributed by atoms with Crippen LogP contribution in [0.3, 0.4) is 0 Å². The predicted molar refractivity (Wildman–Crippen MR) is 74.1 cm³/mol. The summed E-state index contributed by atoms with van der Waals surface area (Å²) in [7, 11) is -1.84. The molecule has 20 heavy (non-hydrogen) atoms. The van der Waals surface area contributed by atoms with E-state index in [1.54, 1.807) is 42.5 Å². The molecular formula is C12H17N5O2S. The molecular weight excluding hydrogens is 278 g/mol. The molecule has 3 heterocycles. The van der Waals surface area contributed by atoms with E-state index >= 15 is 0 Å². The van der Waals surface area contributed by atoms with Gasteiger partial charge in [0.15, 0.2) is 0 Å². The Balaban J connectivity index is 2.15. The number of anilines is 1. The summed E-state index contributed by atoms with van der Waals surface area (Å²) < 4.78 is 30.6. The van der Waals surface area contributed by atoms with E-state index in [0.717, 1.165) is 13.0 Å². The van der Waals surface area contributed by atoms with Crippen LogP contribution in [0, 0.1) is 13.8 Å². The van der Waals surface area contributed by atoms with Gasteiger partial charge in [-0.15, -0.1) is 0 Å². The van der Waals surface area contributed by atoms with Crippen molar-refractivity contribution in [3.63, 3.8) is 0 Å². The number of sulfonamides is 1. The molecule has 108 valence electrons. The first kappa shape index (κ1) is 13.2. The largest absolute Gasteiger partial charge is 0.271 e. The molecule has 0 radical (unpaired) electrons. The number of rotatable bonds is 2. The molecule has 0 aromatic carbocycles. The Morgan fingerprint density at radius 2 is 2.00 bits per heavy atom. The Kier molecular flexibility index (Phi) is 2.86. The topological polar surface area (TPSA) is 73.0 Å². The number of aromatic nitrogens is 4. The van der Waals surface area contributed by atoms with Crippen LogP contribution in [0.4, 0.5) is 5.82 Å². The second kappa shape index (κ2) is 4.34. The average molecular weight is 295 g/mol. The third-order valence-corrected chi connectivity index (χ3v) is 5.73. The summed E-state index contributed by atoms with van der Waals surface area (Å²) in [6.07, 6.45) is 2.39. The van der Waals surface area contributed by atoms with Crippen molar-refractivity contribution in [3.8, 4) is 0 Å². The molecule has 0 atom stereocenters. The molecule has 2 aromatic heterocycles. The van der Waals surface area contributed by atoms with E-state index in [1.807, 2.05) is 0 Å². The highest BCUT2D eigenvalue weighted by molar-refractivity contribution is 7.93. The lowest BCUT2D eigenvalue weighted by Gasteiger charge is -2.28. The molecule has 8 heteroatoms. The fraction of sp³-hybridized carbons (Fsp3) is 0.500. The van der Waals surface area contributed by atoms with Crippen LogP contribution in [0.25, 0.3) is 0 Å². The molecule has 0 saturated carbocycles. The second-order valence-electron chi connectivity index (χ2n) is 4.97. The number of aryl methyl sites for hydroxylation is 3. The molecule has 0 amide bonds. The lowest BCUT2D eigenvalue weighted by Crippen LogP contribution is -2.38. The lowest BCUT2D eigenvalue weighted by atomic mass is 10.3. The first-order chi connectivity index (χ1) is 9.43. The zero-order valence-corrected chi connectivity index (χ0v) is 12.6. The van der Waals surface area contributed by atoms with Gasteiger partial charge in [0, 0.05) is 26.2 Å². The molecule has 0 fully saturated rings. The van der Waals surface area contributed by atoms with Crippen LogP contribution < -0.4 is 4.31 Å². The van der Waals surface area contributed by atoms with Gasteiger partial charge < -0.3 is 0 Å². The summed E-state index contributed by atoms with van der Waals surface area (Å²) >= 11 is 0. The molecule has 1 aliphatic rings.